The first-order chi connectivity index (χ1) is 22.8. The average Bonchev–Trinajstić information content (AvgIpc) is 3.73. The normalized spacial score (nSPS) is 14.2. The second kappa shape index (κ2) is 17.0. The molecule has 12 nitrogen and oxygen atoms in total. The zero-order valence-electron chi connectivity index (χ0n) is 28.7. The van der Waals surface area contributed by atoms with Gasteiger partial charge in [0.1, 0.15) is 22.9 Å². The van der Waals surface area contributed by atoms with Gasteiger partial charge in [-0.25, -0.2) is 4.79 Å². The smallest absolute Gasteiger partial charge is 0.408 e. The molecule has 0 radical (unpaired) electrons. The van der Waals surface area contributed by atoms with Crippen molar-refractivity contribution < 1.29 is 28.7 Å². The Kier molecular flexibility index (Phi) is 13.4. The zero-order valence-corrected chi connectivity index (χ0v) is 28.7. The van der Waals surface area contributed by atoms with Crippen molar-refractivity contribution in [2.24, 2.45) is 0 Å². The molecule has 3 aromatic rings. The summed E-state index contributed by atoms with van der Waals surface area (Å²) in [6.07, 6.45) is 5.93. The highest BCUT2D eigenvalue weighted by Crippen LogP contribution is 2.26. The van der Waals surface area contributed by atoms with Crippen LogP contribution < -0.4 is 20.7 Å². The van der Waals surface area contributed by atoms with E-state index < -0.39 is 41.1 Å². The molecule has 266 valence electrons. The number of hydrogen-bond donors (Lipinski definition) is 3. The molecule has 0 spiro atoms. The number of aromatic nitrogens is 2. The van der Waals surface area contributed by atoms with Crippen LogP contribution in [0.2, 0.25) is 0 Å². The molecule has 1 aliphatic heterocycles. The van der Waals surface area contributed by atoms with Gasteiger partial charge in [0.15, 0.2) is 6.04 Å². The predicted octanol–water partition coefficient (Wildman–Crippen LogP) is 5.49. The van der Waals surface area contributed by atoms with E-state index in [2.05, 4.69) is 21.0 Å². The maximum Gasteiger partial charge on any atom is 0.408 e. The lowest BCUT2D eigenvalue weighted by molar-refractivity contribution is -0.132. The van der Waals surface area contributed by atoms with Crippen molar-refractivity contribution >= 4 is 29.5 Å². The summed E-state index contributed by atoms with van der Waals surface area (Å²) in [5.41, 5.74) is 0.114. The fraction of sp³-hybridized carbons (Fsp3) is 0.486. The predicted molar refractivity (Wildman–Crippen MR) is 189 cm³/mol. The standard InChI is InChI=1S/C36H48N6O6.CH4/c1-35(2,3)48-34(46)40-36(4,5)33(45)39-29(16-12-15-25-13-8-7-9-14-25)31(43)38-27-23-37-42(24-27)30(32(44)41-21-10-11-22-41)26-17-19-28(47-6)20-18-26;/h7-9,13-14,17-20,23-24,29-30H,10-12,15-16,21-22H2,1-6H3,(H,38,43)(H,39,45)(H,40,46);1H4/t29-,30?;/m1./s1. The van der Waals surface area contributed by atoms with Gasteiger partial charge in [0.05, 0.1) is 19.0 Å². The van der Waals surface area contributed by atoms with Gasteiger partial charge in [-0.05, 0) is 90.0 Å². The van der Waals surface area contributed by atoms with Crippen LogP contribution in [0.4, 0.5) is 10.5 Å². The molecule has 0 aliphatic carbocycles. The molecule has 1 saturated heterocycles. The maximum absolute atomic E-state index is 13.7. The maximum atomic E-state index is 13.7. The lowest BCUT2D eigenvalue weighted by Gasteiger charge is -2.29. The SMILES string of the molecule is C.COc1ccc(C(C(=O)N2CCCC2)n2cc(NC(=O)[C@@H](CCCc3ccccc3)NC(=O)C(C)(C)NC(=O)OC(C)(C)C)cn2)cc1. The van der Waals surface area contributed by atoms with Crippen molar-refractivity contribution in [2.45, 2.75) is 97.4 Å². The molecule has 1 aromatic heterocycles. The second-order valence-electron chi connectivity index (χ2n) is 13.6. The van der Waals surface area contributed by atoms with Crippen LogP contribution in [0, 0.1) is 0 Å². The number of rotatable bonds is 13. The fourth-order valence-corrected chi connectivity index (χ4v) is 5.46. The number of hydrogen-bond acceptors (Lipinski definition) is 7. The minimum absolute atomic E-state index is 0. The van der Waals surface area contributed by atoms with E-state index in [0.717, 1.165) is 24.0 Å². The van der Waals surface area contributed by atoms with Crippen molar-refractivity contribution in [3.8, 4) is 5.75 Å². The number of nitrogens with zero attached hydrogens (tertiary/aromatic N) is 3. The zero-order chi connectivity index (χ0) is 34.9. The van der Waals surface area contributed by atoms with Gasteiger partial charge in [0.2, 0.25) is 11.8 Å². The van der Waals surface area contributed by atoms with Crippen molar-refractivity contribution in [1.82, 2.24) is 25.3 Å². The molecule has 0 bridgehead atoms. The molecule has 12 heteroatoms. The van der Waals surface area contributed by atoms with Crippen LogP contribution in [0.25, 0.3) is 0 Å². The topological polar surface area (TPSA) is 144 Å². The Morgan fingerprint density at radius 1 is 0.939 bits per heavy atom. The van der Waals surface area contributed by atoms with E-state index in [1.807, 2.05) is 47.4 Å². The van der Waals surface area contributed by atoms with Crippen LogP contribution in [0.5, 0.6) is 5.75 Å². The summed E-state index contributed by atoms with van der Waals surface area (Å²) in [6, 6.07) is 15.5. The van der Waals surface area contributed by atoms with Crippen LogP contribution in [-0.4, -0.2) is 75.9 Å². The van der Waals surface area contributed by atoms with Gasteiger partial charge in [-0.2, -0.15) is 5.10 Å². The van der Waals surface area contributed by atoms with E-state index in [4.69, 9.17) is 9.47 Å². The first kappa shape index (κ1) is 38.6. The Morgan fingerprint density at radius 3 is 2.20 bits per heavy atom. The molecule has 4 amide bonds. The van der Waals surface area contributed by atoms with E-state index in [9.17, 15) is 19.2 Å². The summed E-state index contributed by atoms with van der Waals surface area (Å²) < 4.78 is 12.2. The van der Waals surface area contributed by atoms with Gasteiger partial charge >= 0.3 is 6.09 Å². The van der Waals surface area contributed by atoms with Gasteiger partial charge < -0.3 is 30.3 Å². The third kappa shape index (κ3) is 11.1. The van der Waals surface area contributed by atoms with E-state index in [1.165, 1.54) is 6.20 Å². The summed E-state index contributed by atoms with van der Waals surface area (Å²) in [5, 5.41) is 12.8. The first-order valence-corrected chi connectivity index (χ1v) is 16.4. The summed E-state index contributed by atoms with van der Waals surface area (Å²) in [4.78, 5) is 55.2. The number of anilines is 1. The largest absolute Gasteiger partial charge is 0.497 e. The van der Waals surface area contributed by atoms with Crippen LogP contribution in [0.3, 0.4) is 0 Å². The number of likely N-dealkylation sites (tertiary alicyclic amines) is 1. The summed E-state index contributed by atoms with van der Waals surface area (Å²) in [5.74, 6) is -0.399. The number of ether oxygens (including phenoxy) is 2. The monoisotopic (exact) mass is 676 g/mol. The Bertz CT molecular complexity index is 1540. The Labute approximate surface area is 289 Å². The minimum Gasteiger partial charge on any atom is -0.497 e. The number of carbonyl (C=O) groups is 4. The molecular formula is C37H52N6O6. The number of alkyl carbamates (subject to hydrolysis) is 1. The van der Waals surface area contributed by atoms with Gasteiger partial charge in [0.25, 0.3) is 5.91 Å². The molecule has 0 saturated carbocycles. The molecular weight excluding hydrogens is 624 g/mol. The van der Waals surface area contributed by atoms with E-state index in [-0.39, 0.29) is 13.3 Å². The summed E-state index contributed by atoms with van der Waals surface area (Å²) in [6.45, 7) is 9.65. The Balaban J connectivity index is 0.00000650. The van der Waals surface area contributed by atoms with Crippen LogP contribution in [-0.2, 0) is 25.5 Å². The minimum atomic E-state index is -1.37. The molecule has 1 unspecified atom stereocenters. The number of benzene rings is 2. The lowest BCUT2D eigenvalue weighted by atomic mass is 10.0. The Morgan fingerprint density at radius 2 is 1.59 bits per heavy atom. The second-order valence-corrected chi connectivity index (χ2v) is 13.6. The molecule has 49 heavy (non-hydrogen) atoms. The van der Waals surface area contributed by atoms with E-state index >= 15 is 0 Å². The van der Waals surface area contributed by atoms with Crippen LogP contribution in [0.1, 0.15) is 84.9 Å². The molecule has 2 aromatic carbocycles. The fourth-order valence-electron chi connectivity index (χ4n) is 5.46. The number of amides is 4. The molecule has 3 N–H and O–H groups in total. The Hall–Kier alpha value is -4.87. The number of nitrogens with one attached hydrogen (secondary N) is 3. The molecule has 2 heterocycles. The van der Waals surface area contributed by atoms with E-state index in [0.29, 0.717) is 43.8 Å². The number of aryl methyl sites for hydroxylation is 1. The quantitative estimate of drug-likeness (QED) is 0.217. The highest BCUT2D eigenvalue weighted by molar-refractivity contribution is 5.99. The van der Waals surface area contributed by atoms with Crippen LogP contribution >= 0.6 is 0 Å². The van der Waals surface area contributed by atoms with Crippen molar-refractivity contribution in [3.63, 3.8) is 0 Å². The van der Waals surface area contributed by atoms with Gasteiger partial charge in [-0.1, -0.05) is 49.9 Å². The lowest BCUT2D eigenvalue weighted by Crippen LogP contribution is -2.58. The molecule has 2 atom stereocenters. The highest BCUT2D eigenvalue weighted by atomic mass is 16.6. The highest BCUT2D eigenvalue weighted by Gasteiger charge is 2.35. The van der Waals surface area contributed by atoms with Gasteiger partial charge in [-0.3, -0.25) is 19.1 Å². The van der Waals surface area contributed by atoms with Gasteiger partial charge in [0, 0.05) is 19.3 Å². The summed E-state index contributed by atoms with van der Waals surface area (Å²) in [7, 11) is 1.58. The van der Waals surface area contributed by atoms with Crippen molar-refractivity contribution in [3.05, 3.63) is 78.1 Å². The van der Waals surface area contributed by atoms with Crippen molar-refractivity contribution in [2.75, 3.05) is 25.5 Å². The molecule has 4 rings (SSSR count). The third-order valence-electron chi connectivity index (χ3n) is 8.02. The van der Waals surface area contributed by atoms with Crippen molar-refractivity contribution in [1.29, 1.82) is 0 Å². The average molecular weight is 677 g/mol. The van der Waals surface area contributed by atoms with Gasteiger partial charge in [-0.15, -0.1) is 0 Å². The molecule has 1 aliphatic rings. The summed E-state index contributed by atoms with van der Waals surface area (Å²) >= 11 is 0. The third-order valence-corrected chi connectivity index (χ3v) is 8.02. The number of carbonyl (C=O) groups excluding carboxylic acids is 4. The first-order valence-electron chi connectivity index (χ1n) is 16.4. The molecule has 1 fully saturated rings. The van der Waals surface area contributed by atoms with E-state index in [1.54, 1.807) is 64.7 Å². The van der Waals surface area contributed by atoms with Crippen LogP contribution in [0.15, 0.2) is 67.0 Å². The number of methoxy groups -OCH3 is 1.